The number of fused-ring (bicyclic) bond motifs is 3. The molecule has 16 heteroatoms. The molecule has 0 aliphatic carbocycles. The van der Waals surface area contributed by atoms with Gasteiger partial charge in [-0.15, -0.1) is 0 Å². The zero-order valence-electron chi connectivity index (χ0n) is 26.7. The van der Waals surface area contributed by atoms with Gasteiger partial charge in [-0.1, -0.05) is 11.6 Å². The van der Waals surface area contributed by atoms with Gasteiger partial charge in [-0.3, -0.25) is 14.4 Å². The number of benzene rings is 1. The molecule has 11 nitrogen and oxygen atoms in total. The van der Waals surface area contributed by atoms with Crippen molar-refractivity contribution in [3.63, 3.8) is 0 Å². The maximum Gasteiger partial charge on any atom is 0.416 e. The minimum atomic E-state index is -4.61. The van der Waals surface area contributed by atoms with Gasteiger partial charge in [-0.2, -0.15) is 28.2 Å². The van der Waals surface area contributed by atoms with Crippen molar-refractivity contribution in [2.45, 2.75) is 75.8 Å². The number of carbonyl (C=O) groups excluding carboxylic acids is 1. The summed E-state index contributed by atoms with van der Waals surface area (Å²) in [6.07, 6.45) is -3.77. The van der Waals surface area contributed by atoms with E-state index in [1.165, 1.54) is 17.0 Å². The van der Waals surface area contributed by atoms with Gasteiger partial charge in [0.15, 0.2) is 5.69 Å². The predicted molar refractivity (Wildman–Crippen MR) is 169 cm³/mol. The Balaban J connectivity index is 1.26. The van der Waals surface area contributed by atoms with Crippen LogP contribution in [0.25, 0.3) is 0 Å². The molecule has 4 aliphatic heterocycles. The molecular weight excluding hydrogens is 656 g/mol. The molecule has 6 heterocycles. The monoisotopic (exact) mass is 692 g/mol. The number of hydrogen-bond donors (Lipinski definition) is 1. The smallest absolute Gasteiger partial charge is 0.416 e. The molecule has 2 fully saturated rings. The Hall–Kier alpha value is -3.69. The largest absolute Gasteiger partial charge is 0.461 e. The van der Waals surface area contributed by atoms with Crippen LogP contribution in [0.2, 0.25) is 5.02 Å². The maximum absolute atomic E-state index is 14.5. The van der Waals surface area contributed by atoms with E-state index >= 15 is 0 Å². The molecular formula is C32H37ClF4N8O3. The number of nitrogens with zero attached hydrogens (tertiary/aromatic N) is 7. The Labute approximate surface area is 279 Å². The SMILES string of the molecule is CN(C)C(=O)c1nn2c(c1Cl)CN(c1nc(OC[C@@]34CCCN3C[C@H](F)C4)nc3c1COC(c1cc(N)ccc1C(F)(F)F)C3)CCC2. The summed E-state index contributed by atoms with van der Waals surface area (Å²) in [5.41, 5.74) is 6.67. The maximum atomic E-state index is 14.5. The Morgan fingerprint density at radius 2 is 2.02 bits per heavy atom. The van der Waals surface area contributed by atoms with Gasteiger partial charge >= 0.3 is 12.2 Å². The van der Waals surface area contributed by atoms with E-state index in [4.69, 9.17) is 36.8 Å². The van der Waals surface area contributed by atoms with Crippen LogP contribution in [0.15, 0.2) is 18.2 Å². The molecule has 2 N–H and O–H groups in total. The van der Waals surface area contributed by atoms with E-state index in [2.05, 4.69) is 10.00 Å². The highest BCUT2D eigenvalue weighted by Gasteiger charge is 2.49. The average Bonchev–Trinajstić information content (AvgIpc) is 3.60. The van der Waals surface area contributed by atoms with Crippen molar-refractivity contribution in [1.82, 2.24) is 29.5 Å². The number of alkyl halides is 4. The molecule has 258 valence electrons. The zero-order chi connectivity index (χ0) is 34.0. The topological polar surface area (TPSA) is 115 Å². The first-order chi connectivity index (χ1) is 22.8. The molecule has 1 unspecified atom stereocenters. The van der Waals surface area contributed by atoms with Gasteiger partial charge in [-0.05, 0) is 49.6 Å². The van der Waals surface area contributed by atoms with Crippen LogP contribution in [0, 0.1) is 0 Å². The molecule has 0 radical (unpaired) electrons. The van der Waals surface area contributed by atoms with Crippen LogP contribution in [-0.2, 0) is 37.0 Å². The number of aromatic nitrogens is 4. The van der Waals surface area contributed by atoms with Crippen LogP contribution in [0.3, 0.4) is 0 Å². The Kier molecular flexibility index (Phi) is 8.43. The highest BCUT2D eigenvalue weighted by Crippen LogP contribution is 2.43. The third kappa shape index (κ3) is 5.93. The van der Waals surface area contributed by atoms with Gasteiger partial charge in [0, 0.05) is 57.8 Å². The third-order valence-electron chi connectivity index (χ3n) is 9.86. The van der Waals surface area contributed by atoms with Crippen molar-refractivity contribution in [1.29, 1.82) is 0 Å². The zero-order valence-corrected chi connectivity index (χ0v) is 27.5. The summed E-state index contributed by atoms with van der Waals surface area (Å²) >= 11 is 6.74. The van der Waals surface area contributed by atoms with E-state index in [1.54, 1.807) is 18.8 Å². The summed E-state index contributed by atoms with van der Waals surface area (Å²) in [4.78, 5) is 27.9. The number of aryl methyl sites for hydroxylation is 1. The number of amides is 1. The second-order valence-electron chi connectivity index (χ2n) is 13.3. The number of hydrogen-bond acceptors (Lipinski definition) is 9. The van der Waals surface area contributed by atoms with E-state index < -0.39 is 29.6 Å². The molecule has 3 atom stereocenters. The minimum Gasteiger partial charge on any atom is -0.461 e. The molecule has 1 amide bonds. The van der Waals surface area contributed by atoms with E-state index in [0.29, 0.717) is 55.2 Å². The number of carbonyl (C=O) groups is 1. The second-order valence-corrected chi connectivity index (χ2v) is 13.7. The molecule has 2 saturated heterocycles. The van der Waals surface area contributed by atoms with Gasteiger partial charge in [-0.25, -0.2) is 4.39 Å². The van der Waals surface area contributed by atoms with Crippen LogP contribution in [0.1, 0.15) is 70.4 Å². The highest BCUT2D eigenvalue weighted by atomic mass is 35.5. The lowest BCUT2D eigenvalue weighted by molar-refractivity contribution is -0.139. The first kappa shape index (κ1) is 32.8. The van der Waals surface area contributed by atoms with E-state index in [0.717, 1.165) is 25.5 Å². The number of rotatable bonds is 6. The summed E-state index contributed by atoms with van der Waals surface area (Å²) in [5.74, 6) is 0.183. The number of halogens is 5. The Morgan fingerprint density at radius 3 is 2.79 bits per heavy atom. The molecule has 0 spiro atoms. The van der Waals surface area contributed by atoms with E-state index in [9.17, 15) is 22.4 Å². The van der Waals surface area contributed by atoms with Crippen molar-refractivity contribution in [2.24, 2.45) is 0 Å². The van der Waals surface area contributed by atoms with Crippen LogP contribution in [-0.4, -0.2) is 87.5 Å². The Morgan fingerprint density at radius 1 is 1.21 bits per heavy atom. The first-order valence-corrected chi connectivity index (χ1v) is 16.4. The van der Waals surface area contributed by atoms with Gasteiger partial charge < -0.3 is 25.0 Å². The lowest BCUT2D eigenvalue weighted by Crippen LogP contribution is -2.43. The summed E-state index contributed by atoms with van der Waals surface area (Å²) in [5, 5.41) is 4.75. The van der Waals surface area contributed by atoms with Gasteiger partial charge in [0.2, 0.25) is 0 Å². The van der Waals surface area contributed by atoms with E-state index in [-0.39, 0.29) is 60.1 Å². The number of ether oxygens (including phenoxy) is 2. The fourth-order valence-corrected chi connectivity index (χ4v) is 7.80. The number of anilines is 2. The van der Waals surface area contributed by atoms with Crippen LogP contribution < -0.4 is 15.4 Å². The van der Waals surface area contributed by atoms with Crippen molar-refractivity contribution >= 4 is 29.0 Å². The molecule has 7 rings (SSSR count). The average molecular weight is 693 g/mol. The second kappa shape index (κ2) is 12.3. The van der Waals surface area contributed by atoms with E-state index in [1.807, 2.05) is 4.90 Å². The lowest BCUT2D eigenvalue weighted by atomic mass is 9.94. The van der Waals surface area contributed by atoms with Gasteiger partial charge in [0.05, 0.1) is 46.8 Å². The van der Waals surface area contributed by atoms with Crippen LogP contribution in [0.4, 0.5) is 29.1 Å². The lowest BCUT2D eigenvalue weighted by Gasteiger charge is -2.33. The molecule has 2 aromatic heterocycles. The molecule has 48 heavy (non-hydrogen) atoms. The molecule has 4 aliphatic rings. The predicted octanol–water partition coefficient (Wildman–Crippen LogP) is 4.81. The number of nitrogen functional groups attached to an aromatic ring is 1. The summed E-state index contributed by atoms with van der Waals surface area (Å²) in [7, 11) is 3.26. The third-order valence-corrected chi connectivity index (χ3v) is 10.3. The van der Waals surface area contributed by atoms with Crippen molar-refractivity contribution in [2.75, 3.05) is 51.0 Å². The van der Waals surface area contributed by atoms with Crippen molar-refractivity contribution in [3.05, 3.63) is 57.0 Å². The highest BCUT2D eigenvalue weighted by molar-refractivity contribution is 6.34. The fourth-order valence-electron chi connectivity index (χ4n) is 7.52. The molecule has 0 bridgehead atoms. The number of nitrogens with two attached hydrogens (primary N) is 1. The van der Waals surface area contributed by atoms with Crippen LogP contribution in [0.5, 0.6) is 6.01 Å². The molecule has 1 aromatic carbocycles. The summed E-state index contributed by atoms with van der Waals surface area (Å²) < 4.78 is 70.8. The minimum absolute atomic E-state index is 0.0194. The summed E-state index contributed by atoms with van der Waals surface area (Å²) in [6, 6.07) is 3.54. The van der Waals surface area contributed by atoms with Crippen LogP contribution >= 0.6 is 11.6 Å². The fraction of sp³-hybridized carbons (Fsp3) is 0.562. The van der Waals surface area contributed by atoms with Crippen molar-refractivity contribution < 1.29 is 31.8 Å². The molecule has 0 saturated carbocycles. The normalized spacial score (nSPS) is 24.2. The first-order valence-electron chi connectivity index (χ1n) is 16.0. The standard InChI is InChI=1S/C32H37ClF4N8O3/c1-42(2)29(46)27-26(33)24-15-43(8-4-10-45(24)41-27)28-21-16-47-25(20-11-19(38)5-6-22(20)32(35,36)37)12-23(21)39-30(40-28)48-17-31-7-3-9-44(31)14-18(34)13-31/h5-6,11,18,25H,3-4,7-10,12-17,38H2,1-2H3/t18-,25?,31+/m1/s1. The summed E-state index contributed by atoms with van der Waals surface area (Å²) in [6.45, 7) is 2.60. The quantitative estimate of drug-likeness (QED) is 0.287. The molecule has 3 aromatic rings. The van der Waals surface area contributed by atoms with Crippen molar-refractivity contribution in [3.8, 4) is 6.01 Å². The Bertz CT molecular complexity index is 1740. The van der Waals surface area contributed by atoms with Gasteiger partial charge in [0.1, 0.15) is 18.6 Å². The van der Waals surface area contributed by atoms with Gasteiger partial charge in [0.25, 0.3) is 5.91 Å².